The van der Waals surface area contributed by atoms with E-state index in [1.165, 1.54) is 28.9 Å². The molecule has 0 saturated heterocycles. The van der Waals surface area contributed by atoms with Crippen molar-refractivity contribution in [1.29, 1.82) is 0 Å². The molecule has 0 saturated carbocycles. The average molecular weight is 363 g/mol. The Hall–Kier alpha value is -3.25. The number of nitrogens with zero attached hydrogens (tertiary/aromatic N) is 1. The Morgan fingerprint density at radius 3 is 2.42 bits per heavy atom. The maximum absolute atomic E-state index is 13.2. The summed E-state index contributed by atoms with van der Waals surface area (Å²) in [5.74, 6) is -1.03. The summed E-state index contributed by atoms with van der Waals surface area (Å²) in [6.45, 7) is 0. The number of carbonyl (C=O) groups excluding carboxylic acids is 2. The third-order valence-corrected chi connectivity index (χ3v) is 5.30. The maximum atomic E-state index is 13.2. The standard InChI is InChI=1S/C20H13NO4S/c1-25-20(24)13-11-16(22)21-14-9-5-6-10-15(14)26-19(21)17(13)18(23)12-7-3-2-4-8-12/h2-11H,1H3. The molecule has 26 heavy (non-hydrogen) atoms. The van der Waals surface area contributed by atoms with Crippen LogP contribution in [0.5, 0.6) is 0 Å². The Labute approximate surface area is 152 Å². The van der Waals surface area contributed by atoms with Crippen molar-refractivity contribution in [2.75, 3.05) is 7.11 Å². The van der Waals surface area contributed by atoms with Gasteiger partial charge >= 0.3 is 5.97 Å². The van der Waals surface area contributed by atoms with Crippen molar-refractivity contribution >= 4 is 38.1 Å². The van der Waals surface area contributed by atoms with E-state index in [1.807, 2.05) is 30.3 Å². The molecule has 6 heteroatoms. The SMILES string of the molecule is COC(=O)c1cc(=O)n2c(sc3ccccc32)c1C(=O)c1ccccc1. The monoisotopic (exact) mass is 363 g/mol. The topological polar surface area (TPSA) is 64.8 Å². The van der Waals surface area contributed by atoms with Crippen molar-refractivity contribution < 1.29 is 14.3 Å². The number of ether oxygens (including phenoxy) is 1. The van der Waals surface area contributed by atoms with Crippen LogP contribution in [0.4, 0.5) is 0 Å². The largest absolute Gasteiger partial charge is 0.465 e. The van der Waals surface area contributed by atoms with Crippen LogP contribution in [0.3, 0.4) is 0 Å². The summed E-state index contributed by atoms with van der Waals surface area (Å²) in [7, 11) is 1.23. The first kappa shape index (κ1) is 16.2. The van der Waals surface area contributed by atoms with Crippen molar-refractivity contribution in [3.63, 3.8) is 0 Å². The van der Waals surface area contributed by atoms with Gasteiger partial charge in [-0.05, 0) is 12.1 Å². The molecular weight excluding hydrogens is 350 g/mol. The lowest BCUT2D eigenvalue weighted by molar-refractivity contribution is 0.0597. The van der Waals surface area contributed by atoms with Gasteiger partial charge in [-0.3, -0.25) is 14.0 Å². The van der Waals surface area contributed by atoms with Crippen LogP contribution < -0.4 is 5.56 Å². The van der Waals surface area contributed by atoms with Crippen LogP contribution in [0.15, 0.2) is 65.5 Å². The predicted octanol–water partition coefficient (Wildman–Crippen LogP) is 3.53. The highest BCUT2D eigenvalue weighted by Crippen LogP contribution is 2.30. The molecule has 4 aromatic rings. The molecule has 5 nitrogen and oxygen atoms in total. The van der Waals surface area contributed by atoms with Crippen LogP contribution in [-0.2, 0) is 4.74 Å². The molecule has 0 N–H and O–H groups in total. The molecule has 0 unspecified atom stereocenters. The number of pyridine rings is 1. The number of hydrogen-bond donors (Lipinski definition) is 0. The fourth-order valence-electron chi connectivity index (χ4n) is 2.97. The van der Waals surface area contributed by atoms with Gasteiger partial charge in [0.1, 0.15) is 4.83 Å². The highest BCUT2D eigenvalue weighted by atomic mass is 32.1. The van der Waals surface area contributed by atoms with E-state index in [0.29, 0.717) is 15.9 Å². The summed E-state index contributed by atoms with van der Waals surface area (Å²) >= 11 is 1.30. The summed E-state index contributed by atoms with van der Waals surface area (Å²) in [6, 6.07) is 17.2. The van der Waals surface area contributed by atoms with Gasteiger partial charge in [0.2, 0.25) is 0 Å². The van der Waals surface area contributed by atoms with Crippen molar-refractivity contribution in [2.45, 2.75) is 0 Å². The average Bonchev–Trinajstić information content (AvgIpc) is 3.07. The van der Waals surface area contributed by atoms with Crippen LogP contribution in [0.2, 0.25) is 0 Å². The van der Waals surface area contributed by atoms with E-state index < -0.39 is 5.97 Å². The Bertz CT molecular complexity index is 1220. The minimum Gasteiger partial charge on any atom is -0.465 e. The Kier molecular flexibility index (Phi) is 3.89. The van der Waals surface area contributed by atoms with E-state index in [-0.39, 0.29) is 22.5 Å². The molecule has 0 bridgehead atoms. The van der Waals surface area contributed by atoms with Gasteiger partial charge in [-0.1, -0.05) is 42.5 Å². The van der Waals surface area contributed by atoms with Gasteiger partial charge in [-0.25, -0.2) is 4.79 Å². The molecule has 4 rings (SSSR count). The van der Waals surface area contributed by atoms with Crippen LogP contribution in [0.1, 0.15) is 26.3 Å². The van der Waals surface area contributed by atoms with E-state index in [4.69, 9.17) is 4.74 Å². The molecule has 0 fully saturated rings. The smallest absolute Gasteiger partial charge is 0.338 e. The second kappa shape index (κ2) is 6.24. The van der Waals surface area contributed by atoms with Crippen LogP contribution in [-0.4, -0.2) is 23.3 Å². The molecule has 2 aromatic heterocycles. The predicted molar refractivity (Wildman–Crippen MR) is 100 cm³/mol. The number of para-hydroxylation sites is 1. The number of esters is 1. The normalized spacial score (nSPS) is 11.0. The molecule has 0 aliphatic rings. The highest BCUT2D eigenvalue weighted by molar-refractivity contribution is 7.24. The molecule has 2 aromatic carbocycles. The van der Waals surface area contributed by atoms with Crippen molar-refractivity contribution in [1.82, 2.24) is 4.40 Å². The van der Waals surface area contributed by atoms with E-state index in [1.54, 1.807) is 24.3 Å². The Balaban J connectivity index is 2.14. The number of carbonyl (C=O) groups is 2. The van der Waals surface area contributed by atoms with Crippen LogP contribution >= 0.6 is 11.3 Å². The summed E-state index contributed by atoms with van der Waals surface area (Å²) in [4.78, 5) is 38.5. The van der Waals surface area contributed by atoms with E-state index in [2.05, 4.69) is 0 Å². The van der Waals surface area contributed by atoms with Gasteiger partial charge in [0.05, 0.1) is 28.5 Å². The molecule has 0 spiro atoms. The number of hydrogen-bond acceptors (Lipinski definition) is 5. The zero-order valence-corrected chi connectivity index (χ0v) is 14.6. The van der Waals surface area contributed by atoms with Crippen LogP contribution in [0.25, 0.3) is 15.0 Å². The second-order valence-corrected chi connectivity index (χ2v) is 6.70. The van der Waals surface area contributed by atoms with Gasteiger partial charge in [0.25, 0.3) is 5.56 Å². The molecule has 0 aliphatic heterocycles. The lowest BCUT2D eigenvalue weighted by Gasteiger charge is -2.09. The first-order chi connectivity index (χ1) is 12.6. The summed E-state index contributed by atoms with van der Waals surface area (Å²) in [6.07, 6.45) is 0. The molecule has 0 amide bonds. The van der Waals surface area contributed by atoms with Gasteiger partial charge in [0, 0.05) is 11.6 Å². The zero-order valence-electron chi connectivity index (χ0n) is 13.8. The second-order valence-electron chi connectivity index (χ2n) is 5.67. The zero-order chi connectivity index (χ0) is 18.3. The molecule has 0 aliphatic carbocycles. The van der Waals surface area contributed by atoms with E-state index in [9.17, 15) is 14.4 Å². The molecule has 0 atom stereocenters. The fraction of sp³-hybridized carbons (Fsp3) is 0.0500. The summed E-state index contributed by atoms with van der Waals surface area (Å²) in [5.41, 5.74) is 0.941. The number of ketones is 1. The van der Waals surface area contributed by atoms with E-state index >= 15 is 0 Å². The maximum Gasteiger partial charge on any atom is 0.338 e. The minimum atomic E-state index is -0.707. The Morgan fingerprint density at radius 2 is 1.69 bits per heavy atom. The number of fused-ring (bicyclic) bond motifs is 3. The molecule has 0 radical (unpaired) electrons. The molecule has 128 valence electrons. The lowest BCUT2D eigenvalue weighted by Crippen LogP contribution is -2.20. The third-order valence-electron chi connectivity index (χ3n) is 4.16. The van der Waals surface area contributed by atoms with Gasteiger partial charge in [-0.2, -0.15) is 0 Å². The van der Waals surface area contributed by atoms with Gasteiger partial charge in [-0.15, -0.1) is 11.3 Å². The van der Waals surface area contributed by atoms with E-state index in [0.717, 1.165) is 4.70 Å². The van der Waals surface area contributed by atoms with Gasteiger partial charge < -0.3 is 4.74 Å². The molecule has 2 heterocycles. The number of aromatic nitrogens is 1. The van der Waals surface area contributed by atoms with Gasteiger partial charge in [0.15, 0.2) is 5.78 Å². The Morgan fingerprint density at radius 1 is 1.00 bits per heavy atom. The fourth-order valence-corrected chi connectivity index (χ4v) is 4.17. The van der Waals surface area contributed by atoms with Crippen molar-refractivity contribution in [3.05, 3.63) is 87.7 Å². The molecular formula is C20H13NO4S. The first-order valence-electron chi connectivity index (χ1n) is 7.87. The lowest BCUT2D eigenvalue weighted by atomic mass is 10.00. The number of thiazole rings is 1. The third kappa shape index (κ3) is 2.43. The summed E-state index contributed by atoms with van der Waals surface area (Å²) in [5, 5.41) is 0. The quantitative estimate of drug-likeness (QED) is 0.413. The van der Waals surface area contributed by atoms with Crippen molar-refractivity contribution in [2.24, 2.45) is 0 Å². The summed E-state index contributed by atoms with van der Waals surface area (Å²) < 4.78 is 7.14. The minimum absolute atomic E-state index is 0.0158. The van der Waals surface area contributed by atoms with Crippen LogP contribution in [0, 0.1) is 0 Å². The number of rotatable bonds is 3. The number of benzene rings is 2. The number of methoxy groups -OCH3 is 1. The first-order valence-corrected chi connectivity index (χ1v) is 8.69. The van der Waals surface area contributed by atoms with Crippen molar-refractivity contribution in [3.8, 4) is 0 Å². The highest BCUT2D eigenvalue weighted by Gasteiger charge is 2.25.